The van der Waals surface area contributed by atoms with Gasteiger partial charge in [0.15, 0.2) is 0 Å². The van der Waals surface area contributed by atoms with Crippen LogP contribution in [-0.2, 0) is 4.74 Å². The molecule has 3 nitrogen and oxygen atoms in total. The Morgan fingerprint density at radius 2 is 2.03 bits per heavy atom. The molecule has 3 fully saturated rings. The van der Waals surface area contributed by atoms with Crippen molar-refractivity contribution in [3.05, 3.63) is 65.5 Å². The molecule has 5 heteroatoms. The van der Waals surface area contributed by atoms with Crippen LogP contribution in [0.3, 0.4) is 0 Å². The fourth-order valence-corrected chi connectivity index (χ4v) is 8.99. The number of hydrogen-bond acceptors (Lipinski definition) is 3. The largest absolute Gasteiger partial charge is 0.359 e. The topological polar surface area (TPSA) is 25.4 Å². The summed E-state index contributed by atoms with van der Waals surface area (Å²) in [5.74, 6) is 0.983. The van der Waals surface area contributed by atoms with E-state index in [-0.39, 0.29) is 29.2 Å². The molecule has 2 spiro atoms. The van der Waals surface area contributed by atoms with Gasteiger partial charge in [0.25, 0.3) is 6.43 Å². The number of fused-ring (bicyclic) bond motifs is 2. The van der Waals surface area contributed by atoms with Crippen LogP contribution in [-0.4, -0.2) is 47.1 Å². The van der Waals surface area contributed by atoms with Crippen molar-refractivity contribution in [3.63, 3.8) is 0 Å². The number of ether oxygens (including phenoxy) is 1. The first-order valence-corrected chi connectivity index (χ1v) is 13.8. The van der Waals surface area contributed by atoms with Gasteiger partial charge in [0.05, 0.1) is 17.7 Å². The number of benzene rings is 1. The number of pyridine rings is 1. The third-order valence-electron chi connectivity index (χ3n) is 10.8. The molecule has 7 rings (SSSR count). The fourth-order valence-electron chi connectivity index (χ4n) is 8.99. The van der Waals surface area contributed by atoms with Crippen LogP contribution in [0, 0.1) is 11.3 Å². The van der Waals surface area contributed by atoms with Crippen LogP contribution in [0.2, 0.25) is 0 Å². The summed E-state index contributed by atoms with van der Waals surface area (Å²) in [5, 5.41) is 2.46. The molecule has 2 saturated carbocycles. The van der Waals surface area contributed by atoms with Crippen LogP contribution in [0.5, 0.6) is 0 Å². The van der Waals surface area contributed by atoms with E-state index in [4.69, 9.17) is 4.74 Å². The van der Waals surface area contributed by atoms with Crippen LogP contribution in [0.1, 0.15) is 69.8 Å². The Morgan fingerprint density at radius 3 is 2.89 bits per heavy atom. The van der Waals surface area contributed by atoms with Crippen molar-refractivity contribution < 1.29 is 13.5 Å². The molecule has 0 amide bonds. The molecule has 2 aliphatic heterocycles. The van der Waals surface area contributed by atoms with E-state index in [1.807, 2.05) is 24.3 Å². The van der Waals surface area contributed by atoms with Crippen molar-refractivity contribution in [3.8, 4) is 0 Å². The van der Waals surface area contributed by atoms with Gasteiger partial charge in [0, 0.05) is 23.8 Å². The Hall–Kier alpha value is -2.11. The van der Waals surface area contributed by atoms with Crippen molar-refractivity contribution in [1.29, 1.82) is 0 Å². The lowest BCUT2D eigenvalue weighted by Gasteiger charge is -2.55. The highest BCUT2D eigenvalue weighted by Gasteiger charge is 2.66. The van der Waals surface area contributed by atoms with Gasteiger partial charge in [0.2, 0.25) is 0 Å². The SMILES string of the molecule is CN(CC(F)F)[C@@H]1CCC2=CC3=CC[C@]4(C)C(c5ccc6ccncc6c5)CC[C@H]4[C@@]34CC[C@]2(C1)O4. The van der Waals surface area contributed by atoms with E-state index in [2.05, 4.69) is 48.3 Å². The van der Waals surface area contributed by atoms with Crippen molar-refractivity contribution in [2.45, 2.75) is 87.9 Å². The van der Waals surface area contributed by atoms with E-state index in [1.54, 1.807) is 0 Å². The standard InChI is InChI=1S/C31H36F2N2O/c1-29-11-9-24-16-23-5-6-25(35(2)19-28(32)33)17-30(23)12-13-31(24,36-30)27(29)8-7-26(29)21-4-3-20-10-14-34-18-22(20)15-21/h3-4,9-10,14-16,18,25-28H,5-8,11-13,17,19H2,1-2H3/t25-,26?,27-,29-,30-,31-/m1/s1. The van der Waals surface area contributed by atoms with Crippen molar-refractivity contribution in [1.82, 2.24) is 9.88 Å². The lowest BCUT2D eigenvalue weighted by molar-refractivity contribution is -0.141. The predicted octanol–water partition coefficient (Wildman–Crippen LogP) is 7.04. The van der Waals surface area contributed by atoms with Crippen molar-refractivity contribution in [2.24, 2.45) is 11.3 Å². The molecule has 0 radical (unpaired) electrons. The van der Waals surface area contributed by atoms with E-state index in [9.17, 15) is 8.78 Å². The van der Waals surface area contributed by atoms with Crippen LogP contribution in [0.25, 0.3) is 10.8 Å². The Morgan fingerprint density at radius 1 is 1.14 bits per heavy atom. The maximum atomic E-state index is 13.1. The van der Waals surface area contributed by atoms with Crippen LogP contribution in [0.15, 0.2) is 60.0 Å². The molecule has 36 heavy (non-hydrogen) atoms. The first kappa shape index (κ1) is 23.0. The average molecular weight is 491 g/mol. The van der Waals surface area contributed by atoms with Gasteiger partial charge in [0.1, 0.15) is 0 Å². The third-order valence-corrected chi connectivity index (χ3v) is 10.8. The Kier molecular flexibility index (Phi) is 5.08. The van der Waals surface area contributed by atoms with Gasteiger partial charge in [-0.15, -0.1) is 0 Å². The van der Waals surface area contributed by atoms with E-state index >= 15 is 0 Å². The van der Waals surface area contributed by atoms with Gasteiger partial charge in [-0.3, -0.25) is 9.88 Å². The summed E-state index contributed by atoms with van der Waals surface area (Å²) in [7, 11) is 1.86. The maximum absolute atomic E-state index is 13.1. The van der Waals surface area contributed by atoms with E-state index in [0.717, 1.165) is 38.5 Å². The lowest BCUT2D eigenvalue weighted by atomic mass is 9.58. The van der Waals surface area contributed by atoms with Gasteiger partial charge >= 0.3 is 0 Å². The first-order chi connectivity index (χ1) is 17.3. The van der Waals surface area contributed by atoms with Crippen LogP contribution in [0.4, 0.5) is 8.78 Å². The first-order valence-electron chi connectivity index (χ1n) is 13.8. The predicted molar refractivity (Wildman–Crippen MR) is 138 cm³/mol. The molecule has 3 aliphatic carbocycles. The highest BCUT2D eigenvalue weighted by atomic mass is 19.3. The molecule has 2 bridgehead atoms. The molecule has 5 aliphatic rings. The minimum Gasteiger partial charge on any atom is -0.359 e. The summed E-state index contributed by atoms with van der Waals surface area (Å²) in [6, 6.07) is 9.19. The molecule has 1 unspecified atom stereocenters. The number of hydrogen-bond donors (Lipinski definition) is 0. The molecule has 1 aromatic heterocycles. The smallest absolute Gasteiger partial charge is 0.251 e. The van der Waals surface area contributed by atoms with Gasteiger partial charge < -0.3 is 4.74 Å². The molecule has 0 N–H and O–H groups in total. The molecule has 1 saturated heterocycles. The zero-order valence-electron chi connectivity index (χ0n) is 21.4. The molecule has 1 aromatic carbocycles. The monoisotopic (exact) mass is 490 g/mol. The Labute approximate surface area is 212 Å². The molecule has 2 aromatic rings. The summed E-state index contributed by atoms with van der Waals surface area (Å²) in [4.78, 5) is 6.23. The lowest BCUT2D eigenvalue weighted by Crippen LogP contribution is -2.55. The second-order valence-electron chi connectivity index (χ2n) is 12.4. The third kappa shape index (κ3) is 3.18. The number of nitrogens with zero attached hydrogens (tertiary/aromatic N) is 2. The van der Waals surface area contributed by atoms with E-state index in [1.165, 1.54) is 40.3 Å². The number of allylic oxidation sites excluding steroid dienone is 1. The summed E-state index contributed by atoms with van der Waals surface area (Å²) in [6.07, 6.45) is 14.8. The molecule has 6 atom stereocenters. The van der Waals surface area contributed by atoms with Crippen molar-refractivity contribution >= 4 is 10.8 Å². The summed E-state index contributed by atoms with van der Waals surface area (Å²) >= 11 is 0. The van der Waals surface area contributed by atoms with Gasteiger partial charge in [-0.05, 0) is 110 Å². The fraction of sp³-hybridized carbons (Fsp3) is 0.581. The Balaban J connectivity index is 1.22. The zero-order chi connectivity index (χ0) is 24.7. The quantitative estimate of drug-likeness (QED) is 0.460. The Bertz CT molecular complexity index is 1270. The number of aromatic nitrogens is 1. The number of alkyl halides is 2. The molecular weight excluding hydrogens is 454 g/mol. The number of rotatable bonds is 4. The normalized spacial score (nSPS) is 39.1. The molecular formula is C31H36F2N2O. The maximum Gasteiger partial charge on any atom is 0.251 e. The van der Waals surface area contributed by atoms with Crippen LogP contribution >= 0.6 is 0 Å². The number of halogens is 2. The van der Waals surface area contributed by atoms with Crippen LogP contribution < -0.4 is 0 Å². The van der Waals surface area contributed by atoms with E-state index < -0.39 is 6.43 Å². The molecule has 190 valence electrons. The van der Waals surface area contributed by atoms with Gasteiger partial charge in [-0.2, -0.15) is 0 Å². The van der Waals surface area contributed by atoms with E-state index in [0.29, 0.717) is 11.8 Å². The van der Waals surface area contributed by atoms with Gasteiger partial charge in [-0.1, -0.05) is 31.2 Å². The second-order valence-corrected chi connectivity index (χ2v) is 12.4. The summed E-state index contributed by atoms with van der Waals surface area (Å²) in [6.45, 7) is 2.35. The summed E-state index contributed by atoms with van der Waals surface area (Å²) < 4.78 is 33.6. The average Bonchev–Trinajstić information content (AvgIpc) is 3.38. The summed E-state index contributed by atoms with van der Waals surface area (Å²) in [5.41, 5.74) is 3.94. The molecule has 3 heterocycles. The highest BCUT2D eigenvalue weighted by molar-refractivity contribution is 5.82. The highest BCUT2D eigenvalue weighted by Crippen LogP contribution is 2.69. The minimum absolute atomic E-state index is 0.150. The van der Waals surface area contributed by atoms with Crippen molar-refractivity contribution in [2.75, 3.05) is 13.6 Å². The van der Waals surface area contributed by atoms with Gasteiger partial charge in [-0.25, -0.2) is 8.78 Å². The second kappa shape index (κ2) is 7.94. The minimum atomic E-state index is -2.29. The zero-order valence-corrected chi connectivity index (χ0v) is 21.4.